The van der Waals surface area contributed by atoms with Crippen molar-refractivity contribution in [2.75, 3.05) is 12.9 Å². The molecule has 2 rings (SSSR count). The second kappa shape index (κ2) is 6.72. The van der Waals surface area contributed by atoms with Crippen molar-refractivity contribution >= 4 is 28.6 Å². The predicted octanol–water partition coefficient (Wildman–Crippen LogP) is 2.08. The molecule has 2 unspecified atom stereocenters. The fourth-order valence-corrected chi connectivity index (χ4v) is 2.63. The van der Waals surface area contributed by atoms with Crippen molar-refractivity contribution in [2.24, 2.45) is 0 Å². The number of aliphatic hydroxyl groups is 1. The quantitative estimate of drug-likeness (QED) is 0.885. The zero-order valence-corrected chi connectivity index (χ0v) is 12.4. The Morgan fingerprint density at radius 3 is 2.80 bits per heavy atom. The minimum atomic E-state index is -0.212. The number of carbonyl (C=O) groups excluding carboxylic acids is 1. The third kappa shape index (κ3) is 3.29. The van der Waals surface area contributed by atoms with Gasteiger partial charge in [-0.25, -0.2) is 4.98 Å². The number of para-hydroxylation sites is 1. The van der Waals surface area contributed by atoms with E-state index in [0.717, 1.165) is 10.9 Å². The van der Waals surface area contributed by atoms with Gasteiger partial charge in [-0.2, -0.15) is 11.8 Å². The first-order valence-corrected chi connectivity index (χ1v) is 7.75. The molecule has 20 heavy (non-hydrogen) atoms. The van der Waals surface area contributed by atoms with Crippen molar-refractivity contribution in [3.05, 3.63) is 42.1 Å². The minimum Gasteiger partial charge on any atom is -0.395 e. The van der Waals surface area contributed by atoms with Crippen molar-refractivity contribution in [1.29, 1.82) is 0 Å². The van der Waals surface area contributed by atoms with Crippen molar-refractivity contribution in [3.8, 4) is 0 Å². The molecule has 0 spiro atoms. The van der Waals surface area contributed by atoms with Gasteiger partial charge in [-0.15, -0.1) is 0 Å². The molecule has 1 heterocycles. The number of rotatable bonds is 5. The molecule has 4 nitrogen and oxygen atoms in total. The molecule has 0 fully saturated rings. The molecule has 2 aromatic rings. The Balaban J connectivity index is 2.15. The van der Waals surface area contributed by atoms with Gasteiger partial charge in [0.15, 0.2) is 0 Å². The number of nitrogens with one attached hydrogen (secondary N) is 1. The summed E-state index contributed by atoms with van der Waals surface area (Å²) in [6.07, 6.45) is 1.91. The van der Waals surface area contributed by atoms with Crippen LogP contribution in [0.15, 0.2) is 36.4 Å². The highest BCUT2D eigenvalue weighted by molar-refractivity contribution is 7.99. The fourth-order valence-electron chi connectivity index (χ4n) is 2.00. The van der Waals surface area contributed by atoms with Gasteiger partial charge in [0.1, 0.15) is 5.69 Å². The van der Waals surface area contributed by atoms with Crippen molar-refractivity contribution < 1.29 is 9.90 Å². The predicted molar refractivity (Wildman–Crippen MR) is 83.1 cm³/mol. The van der Waals surface area contributed by atoms with Crippen LogP contribution in [-0.2, 0) is 0 Å². The van der Waals surface area contributed by atoms with Crippen LogP contribution in [-0.4, -0.2) is 40.2 Å². The average Bonchev–Trinajstić information content (AvgIpc) is 2.48. The zero-order chi connectivity index (χ0) is 14.5. The molecule has 106 valence electrons. The van der Waals surface area contributed by atoms with Gasteiger partial charge in [-0.3, -0.25) is 4.79 Å². The van der Waals surface area contributed by atoms with E-state index in [0.29, 0.717) is 5.69 Å². The number of hydrogen-bond acceptors (Lipinski definition) is 4. The summed E-state index contributed by atoms with van der Waals surface area (Å²) < 4.78 is 0. The van der Waals surface area contributed by atoms with E-state index < -0.39 is 0 Å². The second-order valence-electron chi connectivity index (χ2n) is 4.61. The number of aliphatic hydroxyl groups excluding tert-OH is 1. The number of benzene rings is 1. The van der Waals surface area contributed by atoms with Crippen LogP contribution in [0.5, 0.6) is 0 Å². The van der Waals surface area contributed by atoms with E-state index in [1.807, 2.05) is 43.5 Å². The maximum Gasteiger partial charge on any atom is 0.270 e. The minimum absolute atomic E-state index is 0.0144. The van der Waals surface area contributed by atoms with Crippen LogP contribution in [0.1, 0.15) is 17.4 Å². The molecule has 0 bridgehead atoms. The van der Waals surface area contributed by atoms with Crippen molar-refractivity contribution in [3.63, 3.8) is 0 Å². The molecule has 2 atom stereocenters. The van der Waals surface area contributed by atoms with Crippen LogP contribution in [0.2, 0.25) is 0 Å². The van der Waals surface area contributed by atoms with Crippen LogP contribution in [0.3, 0.4) is 0 Å². The lowest BCUT2D eigenvalue weighted by Crippen LogP contribution is -2.41. The maximum atomic E-state index is 12.2. The summed E-state index contributed by atoms with van der Waals surface area (Å²) in [5.74, 6) is -0.212. The Morgan fingerprint density at radius 2 is 2.10 bits per heavy atom. The Bertz CT molecular complexity index is 599. The highest BCUT2D eigenvalue weighted by atomic mass is 32.2. The van der Waals surface area contributed by atoms with Gasteiger partial charge in [0.25, 0.3) is 5.91 Å². The Morgan fingerprint density at radius 1 is 1.35 bits per heavy atom. The van der Waals surface area contributed by atoms with E-state index in [9.17, 15) is 9.90 Å². The van der Waals surface area contributed by atoms with E-state index in [1.54, 1.807) is 6.07 Å². The smallest absolute Gasteiger partial charge is 0.270 e. The molecule has 0 saturated carbocycles. The number of aromatic nitrogens is 1. The number of fused-ring (bicyclic) bond motifs is 1. The van der Waals surface area contributed by atoms with Crippen LogP contribution in [0.25, 0.3) is 10.9 Å². The van der Waals surface area contributed by atoms with E-state index >= 15 is 0 Å². The molecule has 0 radical (unpaired) electrons. The molecule has 0 aliphatic heterocycles. The lowest BCUT2D eigenvalue weighted by molar-refractivity contribution is 0.0931. The monoisotopic (exact) mass is 290 g/mol. The molecule has 1 aromatic heterocycles. The van der Waals surface area contributed by atoms with Crippen molar-refractivity contribution in [2.45, 2.75) is 18.2 Å². The molecular formula is C15H18N2O2S. The highest BCUT2D eigenvalue weighted by Gasteiger charge is 2.18. The van der Waals surface area contributed by atoms with E-state index in [4.69, 9.17) is 0 Å². The molecule has 0 aliphatic carbocycles. The Labute approximate surface area is 122 Å². The Hall–Kier alpha value is -1.59. The highest BCUT2D eigenvalue weighted by Crippen LogP contribution is 2.13. The van der Waals surface area contributed by atoms with E-state index in [2.05, 4.69) is 10.3 Å². The largest absolute Gasteiger partial charge is 0.395 e. The zero-order valence-electron chi connectivity index (χ0n) is 11.5. The van der Waals surface area contributed by atoms with E-state index in [1.165, 1.54) is 11.8 Å². The second-order valence-corrected chi connectivity index (χ2v) is 5.68. The summed E-state index contributed by atoms with van der Waals surface area (Å²) >= 11 is 1.53. The number of amides is 1. The van der Waals surface area contributed by atoms with Crippen LogP contribution >= 0.6 is 11.8 Å². The third-order valence-corrected chi connectivity index (χ3v) is 4.39. The van der Waals surface area contributed by atoms with Gasteiger partial charge < -0.3 is 10.4 Å². The number of nitrogens with zero attached hydrogens (tertiary/aromatic N) is 1. The topological polar surface area (TPSA) is 62.2 Å². The molecule has 1 amide bonds. The lowest BCUT2D eigenvalue weighted by atomic mass is 10.2. The normalized spacial score (nSPS) is 13.9. The van der Waals surface area contributed by atoms with Crippen LogP contribution in [0, 0.1) is 0 Å². The summed E-state index contributed by atoms with van der Waals surface area (Å²) in [4.78, 5) is 16.5. The lowest BCUT2D eigenvalue weighted by Gasteiger charge is -2.21. The van der Waals surface area contributed by atoms with E-state index in [-0.39, 0.29) is 23.8 Å². The first kappa shape index (κ1) is 14.8. The Kier molecular flexibility index (Phi) is 4.98. The summed E-state index contributed by atoms with van der Waals surface area (Å²) in [5.41, 5.74) is 1.20. The van der Waals surface area contributed by atoms with Gasteiger partial charge in [-0.1, -0.05) is 24.3 Å². The number of carbonyl (C=O) groups is 1. The van der Waals surface area contributed by atoms with Gasteiger partial charge >= 0.3 is 0 Å². The maximum absolute atomic E-state index is 12.2. The van der Waals surface area contributed by atoms with Crippen molar-refractivity contribution in [1.82, 2.24) is 10.3 Å². The van der Waals surface area contributed by atoms with Gasteiger partial charge in [0.05, 0.1) is 12.1 Å². The molecule has 0 aliphatic rings. The van der Waals surface area contributed by atoms with Crippen LogP contribution in [0.4, 0.5) is 0 Å². The van der Waals surface area contributed by atoms with Gasteiger partial charge in [0.2, 0.25) is 0 Å². The summed E-state index contributed by atoms with van der Waals surface area (Å²) in [5, 5.41) is 13.1. The van der Waals surface area contributed by atoms with Gasteiger partial charge in [0, 0.05) is 16.7 Å². The third-order valence-electron chi connectivity index (χ3n) is 3.23. The SMILES string of the molecule is CSC(CO)C(C)NC(=O)c1ccc2ccccc2n1. The standard InChI is InChI=1S/C15H18N2O2S/c1-10(14(9-18)20-2)16-15(19)13-8-7-11-5-3-4-6-12(11)17-13/h3-8,10,14,18H,9H2,1-2H3,(H,16,19). The van der Waals surface area contributed by atoms with Gasteiger partial charge in [-0.05, 0) is 25.3 Å². The molecule has 1 aromatic carbocycles. The molecule has 5 heteroatoms. The first-order chi connectivity index (χ1) is 9.65. The molecular weight excluding hydrogens is 272 g/mol. The summed E-state index contributed by atoms with van der Waals surface area (Å²) in [6.45, 7) is 1.92. The summed E-state index contributed by atoms with van der Waals surface area (Å²) in [6, 6.07) is 11.2. The average molecular weight is 290 g/mol. The number of thioether (sulfide) groups is 1. The fraction of sp³-hybridized carbons (Fsp3) is 0.333. The van der Waals surface area contributed by atoms with Crippen LogP contribution < -0.4 is 5.32 Å². The summed E-state index contributed by atoms with van der Waals surface area (Å²) in [7, 11) is 0. The first-order valence-electron chi connectivity index (χ1n) is 6.46. The molecule has 2 N–H and O–H groups in total. The number of pyridine rings is 1. The molecule has 0 saturated heterocycles. The number of hydrogen-bond donors (Lipinski definition) is 2.